The molecule has 0 bridgehead atoms. The number of benzene rings is 1. The molecule has 5 amide bonds. The second-order valence-electron chi connectivity index (χ2n) is 8.99. The summed E-state index contributed by atoms with van der Waals surface area (Å²) in [5.74, 6) is -2.30. The fraction of sp³-hybridized carbons (Fsp3) is 0.522. The zero-order chi connectivity index (χ0) is 28.2. The molecule has 1 rings (SSSR count). The first-order valence-corrected chi connectivity index (χ1v) is 11.5. The molecular weight excluding hydrogens is 488 g/mol. The topological polar surface area (TPSA) is 198 Å². The summed E-state index contributed by atoms with van der Waals surface area (Å²) in [6.07, 6.45) is -1.15. The minimum Gasteiger partial charge on any atom is -0.444 e. The van der Waals surface area contributed by atoms with Gasteiger partial charge in [0.15, 0.2) is 0 Å². The number of rotatable bonds is 12. The van der Waals surface area contributed by atoms with E-state index in [1.165, 1.54) is 38.4 Å². The summed E-state index contributed by atoms with van der Waals surface area (Å²) >= 11 is 0. The van der Waals surface area contributed by atoms with Crippen molar-refractivity contribution >= 4 is 35.4 Å². The Hall–Kier alpha value is -4.23. The molecule has 5 N–H and O–H groups in total. The Labute approximate surface area is 214 Å². The number of nitro benzene ring substituents is 1. The van der Waals surface area contributed by atoms with Gasteiger partial charge >= 0.3 is 6.09 Å². The second-order valence-corrected chi connectivity index (χ2v) is 8.99. The minimum absolute atomic E-state index is 0.0715. The van der Waals surface area contributed by atoms with Crippen molar-refractivity contribution in [3.63, 3.8) is 0 Å². The number of carbonyl (C=O) groups excluding carboxylic acids is 5. The van der Waals surface area contributed by atoms with Crippen LogP contribution < -0.4 is 26.6 Å². The van der Waals surface area contributed by atoms with Crippen LogP contribution in [-0.2, 0) is 30.3 Å². The lowest BCUT2D eigenvalue weighted by Crippen LogP contribution is -2.55. The van der Waals surface area contributed by atoms with Gasteiger partial charge < -0.3 is 31.3 Å². The van der Waals surface area contributed by atoms with E-state index in [0.29, 0.717) is 5.56 Å². The highest BCUT2D eigenvalue weighted by molar-refractivity contribution is 5.93. The van der Waals surface area contributed by atoms with Crippen LogP contribution in [0, 0.1) is 10.1 Å². The molecule has 14 nitrogen and oxygen atoms in total. The lowest BCUT2D eigenvalue weighted by atomic mass is 10.0. The van der Waals surface area contributed by atoms with Gasteiger partial charge in [-0.3, -0.25) is 29.3 Å². The van der Waals surface area contributed by atoms with Gasteiger partial charge in [0, 0.05) is 39.1 Å². The molecule has 0 heterocycles. The molecular formula is C23H34N6O8. The van der Waals surface area contributed by atoms with E-state index < -0.39 is 46.4 Å². The lowest BCUT2D eigenvalue weighted by molar-refractivity contribution is -0.384. The van der Waals surface area contributed by atoms with Gasteiger partial charge in [0.1, 0.15) is 17.7 Å². The first kappa shape index (κ1) is 30.8. The van der Waals surface area contributed by atoms with Crippen molar-refractivity contribution in [3.8, 4) is 0 Å². The zero-order valence-corrected chi connectivity index (χ0v) is 21.5. The van der Waals surface area contributed by atoms with Crippen molar-refractivity contribution in [1.82, 2.24) is 26.6 Å². The average Bonchev–Trinajstić information content (AvgIpc) is 2.83. The van der Waals surface area contributed by atoms with E-state index in [9.17, 15) is 34.1 Å². The summed E-state index contributed by atoms with van der Waals surface area (Å²) in [5.41, 5.74) is -0.498. The summed E-state index contributed by atoms with van der Waals surface area (Å²) < 4.78 is 5.20. The van der Waals surface area contributed by atoms with Crippen LogP contribution in [0.3, 0.4) is 0 Å². The molecule has 0 saturated heterocycles. The molecule has 0 radical (unpaired) electrons. The number of nitrogens with one attached hydrogen (secondary N) is 5. The summed E-state index contributed by atoms with van der Waals surface area (Å²) in [6.45, 7) is 4.58. The molecule has 37 heavy (non-hydrogen) atoms. The first-order valence-electron chi connectivity index (χ1n) is 11.5. The number of hydrogen-bond donors (Lipinski definition) is 5. The molecule has 0 unspecified atom stereocenters. The Balaban J connectivity index is 3.12. The summed E-state index contributed by atoms with van der Waals surface area (Å²) in [7, 11) is 2.82. The predicted octanol–water partition coefficient (Wildman–Crippen LogP) is -0.0962. The number of amides is 5. The SMILES string of the molecule is CNC(=O)CC[C@@H](NC(=O)OC(C)(C)C)C(=O)N[C@@H](Cc1ccc([N+](=O)[O-])cc1)C(=O)NCC(=O)NC. The van der Waals surface area contributed by atoms with Crippen LogP contribution in [0.25, 0.3) is 0 Å². The fourth-order valence-electron chi connectivity index (χ4n) is 2.97. The number of nitrogens with zero attached hydrogens (tertiary/aromatic N) is 1. The van der Waals surface area contributed by atoms with Crippen LogP contribution >= 0.6 is 0 Å². The zero-order valence-electron chi connectivity index (χ0n) is 21.5. The summed E-state index contributed by atoms with van der Waals surface area (Å²) in [5, 5.41) is 23.1. The van der Waals surface area contributed by atoms with E-state index in [0.717, 1.165) is 0 Å². The van der Waals surface area contributed by atoms with E-state index in [1.54, 1.807) is 20.8 Å². The lowest BCUT2D eigenvalue weighted by Gasteiger charge is -2.25. The Morgan fingerprint density at radius 2 is 1.51 bits per heavy atom. The van der Waals surface area contributed by atoms with Crippen molar-refractivity contribution in [2.75, 3.05) is 20.6 Å². The van der Waals surface area contributed by atoms with Crippen molar-refractivity contribution < 1.29 is 33.6 Å². The third kappa shape index (κ3) is 11.8. The molecule has 0 spiro atoms. The molecule has 0 aliphatic heterocycles. The summed E-state index contributed by atoms with van der Waals surface area (Å²) in [6, 6.07) is 2.95. The standard InChI is InChI=1S/C23H34N6O8/c1-23(2,3)37-22(34)28-16(10-11-18(30)24-4)21(33)27-17(20(32)26-13-19(31)25-5)12-14-6-8-15(9-7-14)29(35)36/h6-9,16-17H,10-13H2,1-5H3,(H,24,30)(H,25,31)(H,26,32)(H,27,33)(H,28,34)/t16-,17+/m1/s1. The second kappa shape index (κ2) is 14.4. The maximum atomic E-state index is 13.1. The number of likely N-dealkylation sites (N-methyl/N-ethyl adjacent to an activating group) is 1. The molecule has 0 aliphatic carbocycles. The van der Waals surface area contributed by atoms with Gasteiger partial charge in [-0.2, -0.15) is 0 Å². The highest BCUT2D eigenvalue weighted by atomic mass is 16.6. The fourth-order valence-corrected chi connectivity index (χ4v) is 2.97. The Bertz CT molecular complexity index is 990. The Kier molecular flexibility index (Phi) is 12.0. The molecule has 204 valence electrons. The van der Waals surface area contributed by atoms with Crippen molar-refractivity contribution in [3.05, 3.63) is 39.9 Å². The van der Waals surface area contributed by atoms with Gasteiger partial charge in [0.25, 0.3) is 5.69 Å². The number of ether oxygens (including phenoxy) is 1. The van der Waals surface area contributed by atoms with Gasteiger partial charge in [-0.25, -0.2) is 4.79 Å². The van der Waals surface area contributed by atoms with E-state index in [1.807, 2.05) is 0 Å². The summed E-state index contributed by atoms with van der Waals surface area (Å²) in [4.78, 5) is 71.9. The number of carbonyl (C=O) groups is 5. The highest BCUT2D eigenvalue weighted by Crippen LogP contribution is 2.14. The normalized spacial score (nSPS) is 12.4. The highest BCUT2D eigenvalue weighted by Gasteiger charge is 2.29. The van der Waals surface area contributed by atoms with Crippen LogP contribution in [0.15, 0.2) is 24.3 Å². The molecule has 1 aromatic rings. The van der Waals surface area contributed by atoms with Crippen LogP contribution in [0.2, 0.25) is 0 Å². The van der Waals surface area contributed by atoms with Crippen molar-refractivity contribution in [2.45, 2.75) is 57.7 Å². The molecule has 0 aromatic heterocycles. The maximum absolute atomic E-state index is 13.1. The molecule has 0 aliphatic rings. The first-order chi connectivity index (χ1) is 17.2. The van der Waals surface area contributed by atoms with Gasteiger partial charge in [0.05, 0.1) is 11.5 Å². The molecule has 14 heteroatoms. The van der Waals surface area contributed by atoms with Gasteiger partial charge in [-0.05, 0) is 32.8 Å². The van der Waals surface area contributed by atoms with Crippen LogP contribution in [0.1, 0.15) is 39.2 Å². The number of nitro groups is 1. The predicted molar refractivity (Wildman–Crippen MR) is 132 cm³/mol. The van der Waals surface area contributed by atoms with Crippen molar-refractivity contribution in [2.24, 2.45) is 0 Å². The molecule has 2 atom stereocenters. The molecule has 0 saturated carbocycles. The maximum Gasteiger partial charge on any atom is 0.408 e. The van der Waals surface area contributed by atoms with Gasteiger partial charge in [0.2, 0.25) is 23.6 Å². The Morgan fingerprint density at radius 1 is 0.919 bits per heavy atom. The molecule has 0 fully saturated rings. The minimum atomic E-state index is -1.22. The smallest absolute Gasteiger partial charge is 0.408 e. The van der Waals surface area contributed by atoms with Gasteiger partial charge in [-0.1, -0.05) is 12.1 Å². The monoisotopic (exact) mass is 522 g/mol. The Morgan fingerprint density at radius 3 is 2.03 bits per heavy atom. The third-order valence-corrected chi connectivity index (χ3v) is 4.87. The third-order valence-electron chi connectivity index (χ3n) is 4.87. The number of alkyl carbamates (subject to hydrolysis) is 1. The number of non-ortho nitro benzene ring substituents is 1. The molecule has 1 aromatic carbocycles. The van der Waals surface area contributed by atoms with Crippen LogP contribution in [0.4, 0.5) is 10.5 Å². The van der Waals surface area contributed by atoms with E-state index in [2.05, 4.69) is 26.6 Å². The van der Waals surface area contributed by atoms with E-state index >= 15 is 0 Å². The van der Waals surface area contributed by atoms with Crippen molar-refractivity contribution in [1.29, 1.82) is 0 Å². The number of hydrogen-bond acceptors (Lipinski definition) is 8. The van der Waals surface area contributed by atoms with Crippen LogP contribution in [0.5, 0.6) is 0 Å². The quantitative estimate of drug-likeness (QED) is 0.185. The van der Waals surface area contributed by atoms with E-state index in [-0.39, 0.29) is 37.4 Å². The van der Waals surface area contributed by atoms with Gasteiger partial charge in [-0.15, -0.1) is 0 Å². The van der Waals surface area contributed by atoms with E-state index in [4.69, 9.17) is 4.74 Å². The average molecular weight is 523 g/mol. The largest absolute Gasteiger partial charge is 0.444 e. The van der Waals surface area contributed by atoms with Crippen LogP contribution in [-0.4, -0.2) is 73.0 Å².